The van der Waals surface area contributed by atoms with Crippen molar-refractivity contribution in [1.82, 2.24) is 19.9 Å². The zero-order valence-corrected chi connectivity index (χ0v) is 14.9. The normalized spacial score (nSPS) is 15.4. The Labute approximate surface area is 156 Å². The van der Waals surface area contributed by atoms with Crippen molar-refractivity contribution in [3.63, 3.8) is 0 Å². The van der Waals surface area contributed by atoms with Gasteiger partial charge in [0.15, 0.2) is 5.65 Å². The number of carbonyl (C=O) groups excluding carboxylic acids is 1. The highest BCUT2D eigenvalue weighted by molar-refractivity contribution is 7.99. The Hall–Kier alpha value is -2.95. The number of carbonyl (C=O) groups is 1. The number of H-pyrrole nitrogens is 1. The predicted octanol–water partition coefficient (Wildman–Crippen LogP) is 2.17. The first kappa shape index (κ1) is 17.5. The number of nitrogen functional groups attached to an aromatic ring is 1. The minimum absolute atomic E-state index is 0.0679. The van der Waals surface area contributed by atoms with Crippen molar-refractivity contribution in [1.29, 1.82) is 0 Å². The zero-order chi connectivity index (χ0) is 19.2. The van der Waals surface area contributed by atoms with Crippen LogP contribution in [0.2, 0.25) is 0 Å². The second-order valence-corrected chi connectivity index (χ2v) is 6.83. The number of rotatable bonds is 5. The van der Waals surface area contributed by atoms with Crippen LogP contribution < -0.4 is 15.4 Å². The van der Waals surface area contributed by atoms with Crippen molar-refractivity contribution in [3.05, 3.63) is 30.1 Å². The first-order valence-electron chi connectivity index (χ1n) is 7.89. The number of benzene rings is 1. The number of hydrogen-bond acceptors (Lipinski definition) is 7. The largest absolute Gasteiger partial charge is 0.497 e. The average molecular weight is 392 g/mol. The van der Waals surface area contributed by atoms with Crippen LogP contribution in [-0.2, 0) is 10.7 Å². The molecule has 8 nitrogen and oxygen atoms in total. The van der Waals surface area contributed by atoms with E-state index in [2.05, 4.69) is 19.9 Å². The third-order valence-electron chi connectivity index (χ3n) is 4.17. The molecule has 11 heteroatoms. The molecule has 3 heterocycles. The molecule has 0 spiro atoms. The summed E-state index contributed by atoms with van der Waals surface area (Å²) < 4.78 is 33.7. The minimum Gasteiger partial charge on any atom is -0.497 e. The van der Waals surface area contributed by atoms with E-state index in [1.165, 1.54) is 37.3 Å². The van der Waals surface area contributed by atoms with E-state index in [4.69, 9.17) is 10.5 Å². The summed E-state index contributed by atoms with van der Waals surface area (Å²) >= 11 is 1.27. The third-order valence-corrected chi connectivity index (χ3v) is 5.13. The number of anilines is 2. The Morgan fingerprint density at radius 1 is 1.37 bits per heavy atom. The molecule has 1 aliphatic rings. The molecule has 3 aromatic rings. The Bertz CT molecular complexity index is 1040. The lowest BCUT2D eigenvalue weighted by Crippen LogP contribution is -2.36. The van der Waals surface area contributed by atoms with Gasteiger partial charge in [0.25, 0.3) is 0 Å². The summed E-state index contributed by atoms with van der Waals surface area (Å²) in [5.41, 5.74) is 6.52. The minimum atomic E-state index is -3.58. The summed E-state index contributed by atoms with van der Waals surface area (Å²) in [5, 5.41) is 0.545. The van der Waals surface area contributed by atoms with Gasteiger partial charge in [-0.2, -0.15) is 13.8 Å². The fourth-order valence-corrected chi connectivity index (χ4v) is 3.83. The number of thioether (sulfide) groups is 1. The summed E-state index contributed by atoms with van der Waals surface area (Å²) in [7, 11) is 1.38. The van der Waals surface area contributed by atoms with Gasteiger partial charge in [-0.3, -0.25) is 4.79 Å². The monoisotopic (exact) mass is 392 g/mol. The predicted molar refractivity (Wildman–Crippen MR) is 96.1 cm³/mol. The highest BCUT2D eigenvalue weighted by atomic mass is 32.2. The number of methoxy groups -OCH3 is 1. The van der Waals surface area contributed by atoms with Gasteiger partial charge in [0.1, 0.15) is 16.3 Å². The number of ether oxygens (including phenoxy) is 1. The van der Waals surface area contributed by atoms with Gasteiger partial charge >= 0.3 is 11.8 Å². The van der Waals surface area contributed by atoms with Crippen LogP contribution in [-0.4, -0.2) is 45.3 Å². The first-order chi connectivity index (χ1) is 12.9. The topological polar surface area (TPSA) is 110 Å². The molecule has 0 bridgehead atoms. The summed E-state index contributed by atoms with van der Waals surface area (Å²) in [5.74, 6) is -4.16. The molecule has 2 aromatic heterocycles. The lowest BCUT2D eigenvalue weighted by molar-refractivity contribution is -0.141. The maximum Gasteiger partial charge on any atom is 0.352 e. The van der Waals surface area contributed by atoms with E-state index in [0.717, 1.165) is 4.90 Å². The molecular weight excluding hydrogens is 378 g/mol. The number of nitrogens with one attached hydrogen (secondary N) is 1. The van der Waals surface area contributed by atoms with Gasteiger partial charge in [0.05, 0.1) is 24.7 Å². The molecule has 0 aliphatic carbocycles. The molecular formula is C16H14F2N6O2S. The third kappa shape index (κ3) is 2.83. The fraction of sp³-hybridized carbons (Fsp3) is 0.250. The van der Waals surface area contributed by atoms with Gasteiger partial charge in [0.2, 0.25) is 5.95 Å². The van der Waals surface area contributed by atoms with Crippen molar-refractivity contribution in [2.24, 2.45) is 0 Å². The van der Waals surface area contributed by atoms with Crippen molar-refractivity contribution in [3.8, 4) is 5.75 Å². The van der Waals surface area contributed by atoms with Gasteiger partial charge in [0, 0.05) is 12.3 Å². The van der Waals surface area contributed by atoms with Crippen molar-refractivity contribution < 1.29 is 18.3 Å². The van der Waals surface area contributed by atoms with Crippen LogP contribution in [0.4, 0.5) is 20.4 Å². The van der Waals surface area contributed by atoms with Gasteiger partial charge in [-0.25, -0.2) is 9.97 Å². The van der Waals surface area contributed by atoms with Crippen LogP contribution in [0.1, 0.15) is 5.56 Å². The van der Waals surface area contributed by atoms with E-state index in [0.29, 0.717) is 21.9 Å². The van der Waals surface area contributed by atoms with E-state index in [1.807, 2.05) is 0 Å². The summed E-state index contributed by atoms with van der Waals surface area (Å²) in [4.78, 5) is 28.4. The van der Waals surface area contributed by atoms with E-state index in [9.17, 15) is 13.6 Å². The lowest BCUT2D eigenvalue weighted by Gasteiger charge is -2.17. The summed E-state index contributed by atoms with van der Waals surface area (Å²) in [6.45, 7) is 0.0813. The van der Waals surface area contributed by atoms with Crippen LogP contribution in [0.25, 0.3) is 11.2 Å². The molecule has 27 heavy (non-hydrogen) atoms. The molecule has 1 aromatic carbocycles. The van der Waals surface area contributed by atoms with Crippen LogP contribution in [0.3, 0.4) is 0 Å². The van der Waals surface area contributed by atoms with E-state index in [-0.39, 0.29) is 29.5 Å². The number of aromatic nitrogens is 4. The number of alkyl halides is 2. The molecule has 0 radical (unpaired) electrons. The molecule has 140 valence electrons. The van der Waals surface area contributed by atoms with Crippen LogP contribution in [0, 0.1) is 0 Å². The van der Waals surface area contributed by atoms with Crippen molar-refractivity contribution in [2.75, 3.05) is 30.0 Å². The number of amides is 1. The molecule has 0 saturated heterocycles. The molecule has 0 saturated carbocycles. The molecule has 1 amide bonds. The van der Waals surface area contributed by atoms with Crippen LogP contribution in [0.5, 0.6) is 5.75 Å². The van der Waals surface area contributed by atoms with E-state index < -0.39 is 11.8 Å². The summed E-state index contributed by atoms with van der Waals surface area (Å²) in [6, 6.07) is 4.21. The number of nitrogens with zero attached hydrogens (tertiary/aromatic N) is 4. The lowest BCUT2D eigenvalue weighted by atomic mass is 10.1. The average Bonchev–Trinajstić information content (AvgIpc) is 3.18. The SMILES string of the molecule is COc1ccc2c(c1)C(F)(F)C(=O)N2CCSc1nc(N)nc2nc[nH]c12. The number of aromatic amines is 1. The Morgan fingerprint density at radius 2 is 2.19 bits per heavy atom. The number of halogens is 2. The maximum atomic E-state index is 14.4. The molecule has 3 N–H and O–H groups in total. The number of imidazole rings is 1. The highest BCUT2D eigenvalue weighted by Gasteiger charge is 2.52. The number of nitrogens with two attached hydrogens (primary N) is 1. The molecule has 0 fully saturated rings. The Kier molecular flexibility index (Phi) is 4.10. The summed E-state index contributed by atoms with van der Waals surface area (Å²) in [6.07, 6.45) is 1.47. The van der Waals surface area contributed by atoms with Crippen molar-refractivity contribution >= 4 is 40.5 Å². The van der Waals surface area contributed by atoms with Crippen LogP contribution >= 0.6 is 11.8 Å². The zero-order valence-electron chi connectivity index (χ0n) is 14.1. The smallest absolute Gasteiger partial charge is 0.352 e. The molecule has 0 atom stereocenters. The second kappa shape index (κ2) is 6.34. The number of fused-ring (bicyclic) bond motifs is 2. The van der Waals surface area contributed by atoms with Gasteiger partial charge in [-0.15, -0.1) is 11.8 Å². The van der Waals surface area contributed by atoms with Gasteiger partial charge in [-0.1, -0.05) is 0 Å². The van der Waals surface area contributed by atoms with Crippen LogP contribution in [0.15, 0.2) is 29.6 Å². The van der Waals surface area contributed by atoms with Gasteiger partial charge < -0.3 is 20.4 Å². The van der Waals surface area contributed by atoms with E-state index >= 15 is 0 Å². The molecule has 4 rings (SSSR count). The second-order valence-electron chi connectivity index (χ2n) is 5.75. The number of hydrogen-bond donors (Lipinski definition) is 2. The quantitative estimate of drug-likeness (QED) is 0.506. The molecule has 1 aliphatic heterocycles. The van der Waals surface area contributed by atoms with Gasteiger partial charge in [-0.05, 0) is 18.2 Å². The Balaban J connectivity index is 1.55. The molecule has 0 unspecified atom stereocenters. The standard InChI is InChI=1S/C16H14F2N6O2S/c1-26-8-2-3-10-9(6-8)16(17,18)14(25)24(10)4-5-27-13-11-12(21-7-20-11)22-15(19)23-13/h2-3,6-7H,4-5H2,1H3,(H3,19,20,21,22,23). The fourth-order valence-electron chi connectivity index (χ4n) is 2.91. The maximum absolute atomic E-state index is 14.4. The van der Waals surface area contributed by atoms with E-state index in [1.54, 1.807) is 6.07 Å². The first-order valence-corrected chi connectivity index (χ1v) is 8.88. The highest BCUT2D eigenvalue weighted by Crippen LogP contribution is 2.45. The van der Waals surface area contributed by atoms with Crippen molar-refractivity contribution in [2.45, 2.75) is 10.9 Å². The Morgan fingerprint density at radius 3 is 2.96 bits per heavy atom.